The molecular formula is C16H18N2O4S. The van der Waals surface area contributed by atoms with E-state index in [1.807, 2.05) is 44.2 Å². The van der Waals surface area contributed by atoms with Gasteiger partial charge in [0, 0.05) is 4.75 Å². The molecule has 2 amide bonds. The van der Waals surface area contributed by atoms with Crippen molar-refractivity contribution in [2.45, 2.75) is 42.5 Å². The van der Waals surface area contributed by atoms with Gasteiger partial charge in [0.15, 0.2) is 0 Å². The summed E-state index contributed by atoms with van der Waals surface area (Å²) in [5.74, 6) is -1.55. The Morgan fingerprint density at radius 1 is 1.30 bits per heavy atom. The molecule has 23 heavy (non-hydrogen) atoms. The zero-order valence-corrected chi connectivity index (χ0v) is 13.7. The maximum atomic E-state index is 12.3. The molecule has 2 aliphatic heterocycles. The quantitative estimate of drug-likeness (QED) is 0.798. The molecule has 0 radical (unpaired) electrons. The van der Waals surface area contributed by atoms with Crippen molar-refractivity contribution in [3.63, 3.8) is 0 Å². The lowest BCUT2D eigenvalue weighted by atomic mass is 9.96. The lowest BCUT2D eigenvalue weighted by molar-refractivity contribution is -0.161. The Bertz CT molecular complexity index is 661. The van der Waals surface area contributed by atoms with Crippen LogP contribution in [-0.2, 0) is 20.8 Å². The van der Waals surface area contributed by atoms with E-state index in [-0.39, 0.29) is 23.6 Å². The van der Waals surface area contributed by atoms with Crippen molar-refractivity contribution in [1.82, 2.24) is 10.2 Å². The molecule has 0 aromatic heterocycles. The average molecular weight is 334 g/mol. The fourth-order valence-corrected chi connectivity index (χ4v) is 4.78. The van der Waals surface area contributed by atoms with Gasteiger partial charge >= 0.3 is 5.97 Å². The van der Waals surface area contributed by atoms with E-state index < -0.39 is 22.8 Å². The number of β-lactam (4-membered cyclic amide) rings is 1. The number of rotatable bonds is 4. The first-order valence-electron chi connectivity index (χ1n) is 7.37. The van der Waals surface area contributed by atoms with Crippen LogP contribution < -0.4 is 5.32 Å². The second kappa shape index (κ2) is 5.56. The Morgan fingerprint density at radius 3 is 2.57 bits per heavy atom. The number of nitrogens with one attached hydrogen (secondary N) is 1. The number of carboxylic acids is 1. The number of carbonyl (C=O) groups excluding carboxylic acids is 2. The summed E-state index contributed by atoms with van der Waals surface area (Å²) in [7, 11) is 0. The van der Waals surface area contributed by atoms with Crippen LogP contribution in [0.15, 0.2) is 30.3 Å². The number of fused-ring (bicyclic) bond motifs is 1. The van der Waals surface area contributed by atoms with Gasteiger partial charge in [0.05, 0.1) is 6.42 Å². The Hall–Kier alpha value is -2.02. The van der Waals surface area contributed by atoms with E-state index in [1.54, 1.807) is 0 Å². The van der Waals surface area contributed by atoms with E-state index in [9.17, 15) is 19.5 Å². The van der Waals surface area contributed by atoms with E-state index in [2.05, 4.69) is 5.32 Å². The van der Waals surface area contributed by atoms with Crippen LogP contribution >= 0.6 is 11.8 Å². The number of carbonyl (C=O) groups is 3. The van der Waals surface area contributed by atoms with E-state index in [4.69, 9.17) is 0 Å². The molecule has 2 fully saturated rings. The summed E-state index contributed by atoms with van der Waals surface area (Å²) in [5.41, 5.74) is 0.872. The summed E-state index contributed by atoms with van der Waals surface area (Å²) < 4.78 is -0.578. The van der Waals surface area contributed by atoms with E-state index in [0.29, 0.717) is 0 Å². The molecule has 3 atom stereocenters. The molecule has 0 aliphatic carbocycles. The van der Waals surface area contributed by atoms with E-state index >= 15 is 0 Å². The molecule has 1 aromatic carbocycles. The molecule has 0 bridgehead atoms. The zero-order valence-electron chi connectivity index (χ0n) is 12.9. The van der Waals surface area contributed by atoms with Gasteiger partial charge in [-0.1, -0.05) is 30.3 Å². The van der Waals surface area contributed by atoms with Crippen molar-refractivity contribution < 1.29 is 19.5 Å². The Labute approximate surface area is 138 Å². The van der Waals surface area contributed by atoms with Crippen LogP contribution in [-0.4, -0.2) is 50.0 Å². The topological polar surface area (TPSA) is 86.7 Å². The number of hydrogen-bond acceptors (Lipinski definition) is 4. The molecule has 3 rings (SSSR count). The molecular weight excluding hydrogens is 316 g/mol. The molecule has 2 unspecified atom stereocenters. The van der Waals surface area contributed by atoms with Crippen LogP contribution in [0.1, 0.15) is 19.4 Å². The molecule has 6 nitrogen and oxygen atoms in total. The van der Waals surface area contributed by atoms with Crippen LogP contribution in [0, 0.1) is 0 Å². The van der Waals surface area contributed by atoms with Crippen molar-refractivity contribution in [3.8, 4) is 0 Å². The van der Waals surface area contributed by atoms with Crippen molar-refractivity contribution in [3.05, 3.63) is 35.9 Å². The van der Waals surface area contributed by atoms with Crippen LogP contribution in [0.2, 0.25) is 0 Å². The van der Waals surface area contributed by atoms with E-state index in [0.717, 1.165) is 5.56 Å². The number of aliphatic carboxylic acids is 1. The van der Waals surface area contributed by atoms with Gasteiger partial charge in [0.25, 0.3) is 0 Å². The third-order valence-electron chi connectivity index (χ3n) is 4.20. The molecule has 2 N–H and O–H groups in total. The molecule has 7 heteroatoms. The highest BCUT2D eigenvalue weighted by Gasteiger charge is 2.64. The summed E-state index contributed by atoms with van der Waals surface area (Å²) in [6, 6.07) is 7.78. The number of carboxylic acid groups (broad SMARTS) is 1. The van der Waals surface area contributed by atoms with Crippen LogP contribution in [0.4, 0.5) is 0 Å². The summed E-state index contributed by atoms with van der Waals surface area (Å²) in [6.07, 6.45) is 0.202. The minimum absolute atomic E-state index is 0.202. The van der Waals surface area contributed by atoms with Gasteiger partial charge in [-0.05, 0) is 19.4 Å². The molecule has 1 aromatic rings. The number of thioether (sulfide) groups is 1. The lowest BCUT2D eigenvalue weighted by Gasteiger charge is -2.43. The summed E-state index contributed by atoms with van der Waals surface area (Å²) in [6.45, 7) is 3.62. The van der Waals surface area contributed by atoms with Gasteiger partial charge in [0.1, 0.15) is 17.5 Å². The predicted molar refractivity (Wildman–Crippen MR) is 85.8 cm³/mol. The normalized spacial score (nSPS) is 28.0. The highest BCUT2D eigenvalue weighted by molar-refractivity contribution is 8.01. The van der Waals surface area contributed by atoms with Crippen LogP contribution in [0.5, 0.6) is 0 Å². The molecule has 2 saturated heterocycles. The number of amides is 2. The molecule has 0 saturated carbocycles. The second-order valence-electron chi connectivity index (χ2n) is 6.31. The van der Waals surface area contributed by atoms with Gasteiger partial charge in [0.2, 0.25) is 11.8 Å². The molecule has 122 valence electrons. The number of benzene rings is 1. The minimum Gasteiger partial charge on any atom is -0.480 e. The Balaban J connectivity index is 1.66. The zero-order chi connectivity index (χ0) is 16.8. The fourth-order valence-electron chi connectivity index (χ4n) is 3.15. The first-order valence-corrected chi connectivity index (χ1v) is 8.25. The van der Waals surface area contributed by atoms with Gasteiger partial charge in [-0.25, -0.2) is 4.79 Å². The van der Waals surface area contributed by atoms with Gasteiger partial charge < -0.3 is 15.3 Å². The second-order valence-corrected chi connectivity index (χ2v) is 8.08. The van der Waals surface area contributed by atoms with Gasteiger partial charge in [-0.3, -0.25) is 9.59 Å². The largest absolute Gasteiger partial charge is 0.480 e. The van der Waals surface area contributed by atoms with Crippen LogP contribution in [0.3, 0.4) is 0 Å². The van der Waals surface area contributed by atoms with Crippen molar-refractivity contribution in [1.29, 1.82) is 0 Å². The minimum atomic E-state index is -1.01. The van der Waals surface area contributed by atoms with Crippen molar-refractivity contribution >= 4 is 29.5 Å². The molecule has 2 aliphatic rings. The third-order valence-corrected chi connectivity index (χ3v) is 5.77. The SMILES string of the molecule is CC1(C)SC2C(NC(=O)Cc3ccccc3)C(=O)N2[C@H]1C(=O)O. The first-order chi connectivity index (χ1) is 10.8. The van der Waals surface area contributed by atoms with Crippen molar-refractivity contribution in [2.75, 3.05) is 0 Å². The lowest BCUT2D eigenvalue weighted by Crippen LogP contribution is -2.70. The van der Waals surface area contributed by atoms with E-state index in [1.165, 1.54) is 16.7 Å². The number of nitrogens with zero attached hydrogens (tertiary/aromatic N) is 1. The van der Waals surface area contributed by atoms with Gasteiger partial charge in [-0.2, -0.15) is 0 Å². The maximum absolute atomic E-state index is 12.3. The van der Waals surface area contributed by atoms with Gasteiger partial charge in [-0.15, -0.1) is 11.8 Å². The first kappa shape index (κ1) is 15.9. The highest BCUT2D eigenvalue weighted by Crippen LogP contribution is 2.50. The fraction of sp³-hybridized carbons (Fsp3) is 0.438. The smallest absolute Gasteiger partial charge is 0.327 e. The average Bonchev–Trinajstić information content (AvgIpc) is 2.74. The van der Waals surface area contributed by atoms with Crippen LogP contribution in [0.25, 0.3) is 0 Å². The molecule has 0 spiro atoms. The summed E-state index contributed by atoms with van der Waals surface area (Å²) >= 11 is 1.42. The number of hydrogen-bond donors (Lipinski definition) is 2. The highest BCUT2D eigenvalue weighted by atomic mass is 32.2. The molecule has 2 heterocycles. The Morgan fingerprint density at radius 2 is 1.96 bits per heavy atom. The maximum Gasteiger partial charge on any atom is 0.327 e. The summed E-state index contributed by atoms with van der Waals surface area (Å²) in [5, 5.41) is 11.8. The third kappa shape index (κ3) is 2.69. The summed E-state index contributed by atoms with van der Waals surface area (Å²) in [4.78, 5) is 37.2. The van der Waals surface area contributed by atoms with Crippen molar-refractivity contribution in [2.24, 2.45) is 0 Å². The predicted octanol–water partition coefficient (Wildman–Crippen LogP) is 0.861. The standard InChI is InChI=1S/C16H18N2O4S/c1-16(2)12(15(21)22)18-13(20)11(14(18)23-16)17-10(19)8-9-6-4-3-5-7-9/h3-7,11-12,14H,8H2,1-2H3,(H,17,19)(H,21,22)/t11?,12-,14?/m0/s1. The monoisotopic (exact) mass is 334 g/mol. The Kier molecular flexibility index (Phi) is 3.83.